The van der Waals surface area contributed by atoms with Gasteiger partial charge in [-0.3, -0.25) is 15.1 Å². The molecule has 0 saturated carbocycles. The van der Waals surface area contributed by atoms with Gasteiger partial charge in [0.05, 0.1) is 0 Å². The first-order valence-electron chi connectivity index (χ1n) is 6.31. The largest absolute Gasteiger partial charge is 0.469 e. The number of benzene rings is 1. The number of H-pyrrole nitrogens is 1. The number of carbonyl (C=O) groups excluding carboxylic acids is 1. The first-order chi connectivity index (χ1) is 10.4. The molecule has 1 aromatic carbocycles. The van der Waals surface area contributed by atoms with Gasteiger partial charge in [-0.05, 0) is 6.92 Å². The van der Waals surface area contributed by atoms with Gasteiger partial charge in [-0.1, -0.05) is 29.8 Å². The second kappa shape index (κ2) is 6.33. The van der Waals surface area contributed by atoms with Gasteiger partial charge in [0.15, 0.2) is 12.5 Å². The molecule has 2 rings (SSSR count). The summed E-state index contributed by atoms with van der Waals surface area (Å²) >= 11 is 0. The lowest BCUT2D eigenvalue weighted by atomic mass is 10.1. The molecule has 0 fully saturated rings. The molecule has 1 aromatic heterocycles. The van der Waals surface area contributed by atoms with Gasteiger partial charge in [-0.15, -0.1) is 0 Å². The Hall–Kier alpha value is -2.77. The summed E-state index contributed by atoms with van der Waals surface area (Å²) in [4.78, 5) is 28.0. The zero-order valence-electron chi connectivity index (χ0n) is 11.6. The van der Waals surface area contributed by atoms with E-state index in [2.05, 4.69) is 9.97 Å². The zero-order valence-corrected chi connectivity index (χ0v) is 11.6. The highest BCUT2D eigenvalue weighted by molar-refractivity contribution is 5.78. The maximum Gasteiger partial charge on any atom is 0.352 e. The van der Waals surface area contributed by atoms with E-state index in [0.717, 1.165) is 5.56 Å². The highest BCUT2D eigenvalue weighted by Gasteiger charge is 2.33. The second-order valence-electron chi connectivity index (χ2n) is 4.52. The summed E-state index contributed by atoms with van der Waals surface area (Å²) < 4.78 is 32.7. The summed E-state index contributed by atoms with van der Waals surface area (Å²) in [6.45, 7) is 1.10. The van der Waals surface area contributed by atoms with Crippen LogP contribution < -0.4 is 15.7 Å². The molecule has 1 amide bonds. The number of nitrogens with zero attached hydrogens (tertiary/aromatic N) is 1. The molecule has 0 aliphatic heterocycles. The van der Waals surface area contributed by atoms with E-state index in [-0.39, 0.29) is 11.4 Å². The van der Waals surface area contributed by atoms with Gasteiger partial charge in [0, 0.05) is 17.8 Å². The fourth-order valence-corrected chi connectivity index (χ4v) is 1.63. The number of aromatic nitrogens is 2. The first-order valence-corrected chi connectivity index (χ1v) is 6.31. The van der Waals surface area contributed by atoms with Crippen LogP contribution in [-0.4, -0.2) is 22.5 Å². The third-order valence-electron chi connectivity index (χ3n) is 2.72. The molecule has 0 saturated heterocycles. The summed E-state index contributed by atoms with van der Waals surface area (Å²) in [5.41, 5.74) is -0.164. The number of hydrogen-bond acceptors (Lipinski definition) is 4. The van der Waals surface area contributed by atoms with Gasteiger partial charge in [0.2, 0.25) is 0 Å². The van der Waals surface area contributed by atoms with Crippen molar-refractivity contribution in [1.29, 1.82) is 0 Å². The van der Waals surface area contributed by atoms with Crippen molar-refractivity contribution in [1.82, 2.24) is 15.3 Å². The van der Waals surface area contributed by atoms with Crippen LogP contribution in [0.2, 0.25) is 0 Å². The Kier molecular flexibility index (Phi) is 4.50. The molecule has 22 heavy (non-hydrogen) atoms. The predicted octanol–water partition coefficient (Wildman–Crippen LogP) is 1.32. The van der Waals surface area contributed by atoms with Crippen molar-refractivity contribution in [2.75, 3.05) is 6.61 Å². The van der Waals surface area contributed by atoms with E-state index >= 15 is 0 Å². The molecule has 2 N–H and O–H groups in total. The number of ether oxygens (including phenoxy) is 1. The monoisotopic (exact) mass is 309 g/mol. The summed E-state index contributed by atoms with van der Waals surface area (Å²) in [6, 6.07) is 3.29. The van der Waals surface area contributed by atoms with E-state index in [1.54, 1.807) is 12.2 Å². The van der Waals surface area contributed by atoms with E-state index < -0.39 is 24.3 Å². The Bertz CT molecular complexity index is 714. The Balaban J connectivity index is 1.96. The number of amides is 1. The van der Waals surface area contributed by atoms with Gasteiger partial charge in [0.25, 0.3) is 5.91 Å². The standard InChI is InChI=1S/C14H13F2N3O3/c1-9-2-4-10(5-3-9)14(15,16)19-11(20)8-22-12-6-7-17-13(21)18-12/h2-7H,8H2,1H3,(H,19,20)(H,17,18,21). The van der Waals surface area contributed by atoms with Crippen molar-refractivity contribution in [2.45, 2.75) is 13.0 Å². The smallest absolute Gasteiger partial charge is 0.352 e. The van der Waals surface area contributed by atoms with E-state index in [1.165, 1.54) is 36.5 Å². The van der Waals surface area contributed by atoms with E-state index in [4.69, 9.17) is 4.74 Å². The Labute approximate surface area is 124 Å². The second-order valence-corrected chi connectivity index (χ2v) is 4.52. The fraction of sp³-hybridized carbons (Fsp3) is 0.214. The number of nitrogens with one attached hydrogen (secondary N) is 2. The van der Waals surface area contributed by atoms with Crippen molar-refractivity contribution >= 4 is 5.91 Å². The first kappa shape index (κ1) is 15.6. The summed E-state index contributed by atoms with van der Waals surface area (Å²) in [6.07, 6.45) is 1.17. The predicted molar refractivity (Wildman–Crippen MR) is 73.6 cm³/mol. The minimum absolute atomic E-state index is 0.0335. The number of aromatic amines is 1. The molecule has 0 bridgehead atoms. The highest BCUT2D eigenvalue weighted by Crippen LogP contribution is 2.24. The highest BCUT2D eigenvalue weighted by atomic mass is 19.3. The number of aryl methyl sites for hydroxylation is 1. The van der Waals surface area contributed by atoms with Crippen molar-refractivity contribution in [3.63, 3.8) is 0 Å². The molecule has 0 atom stereocenters. The van der Waals surface area contributed by atoms with Gasteiger partial charge >= 0.3 is 11.7 Å². The SMILES string of the molecule is Cc1ccc(C(F)(F)NC(=O)COc2ccnc(=O)[nH]2)cc1. The Morgan fingerprint density at radius 1 is 1.32 bits per heavy atom. The molecular weight excluding hydrogens is 296 g/mol. The van der Waals surface area contributed by atoms with Crippen molar-refractivity contribution in [2.24, 2.45) is 0 Å². The third kappa shape index (κ3) is 4.11. The summed E-state index contributed by atoms with van der Waals surface area (Å²) in [7, 11) is 0. The van der Waals surface area contributed by atoms with Gasteiger partial charge in [-0.2, -0.15) is 8.78 Å². The van der Waals surface area contributed by atoms with Crippen LogP contribution in [0.1, 0.15) is 11.1 Å². The summed E-state index contributed by atoms with van der Waals surface area (Å²) in [5, 5.41) is 1.57. The van der Waals surface area contributed by atoms with E-state index in [1.807, 2.05) is 0 Å². The van der Waals surface area contributed by atoms with Crippen LogP contribution in [0.4, 0.5) is 8.78 Å². The van der Waals surface area contributed by atoms with Crippen LogP contribution in [0.5, 0.6) is 5.88 Å². The lowest BCUT2D eigenvalue weighted by molar-refractivity contribution is -0.135. The molecule has 2 aromatic rings. The van der Waals surface area contributed by atoms with Gasteiger partial charge in [-0.25, -0.2) is 9.78 Å². The number of hydrogen-bond donors (Lipinski definition) is 2. The Morgan fingerprint density at radius 2 is 2.00 bits per heavy atom. The lowest BCUT2D eigenvalue weighted by Gasteiger charge is -2.18. The van der Waals surface area contributed by atoms with E-state index in [0.29, 0.717) is 0 Å². The number of alkyl halides is 2. The minimum atomic E-state index is -3.51. The van der Waals surface area contributed by atoms with Crippen LogP contribution in [0.25, 0.3) is 0 Å². The number of rotatable bonds is 5. The number of halogens is 2. The fourth-order valence-electron chi connectivity index (χ4n) is 1.63. The molecule has 0 aliphatic rings. The maximum atomic E-state index is 13.9. The molecule has 1 heterocycles. The quantitative estimate of drug-likeness (QED) is 0.816. The lowest BCUT2D eigenvalue weighted by Crippen LogP contribution is -2.41. The molecule has 0 aliphatic carbocycles. The molecule has 0 radical (unpaired) electrons. The van der Waals surface area contributed by atoms with Crippen molar-refractivity contribution in [3.8, 4) is 5.88 Å². The normalized spacial score (nSPS) is 11.0. The summed E-state index contributed by atoms with van der Waals surface area (Å²) in [5.74, 6) is -1.06. The van der Waals surface area contributed by atoms with Gasteiger partial charge < -0.3 is 4.74 Å². The molecule has 0 spiro atoms. The maximum absolute atomic E-state index is 13.9. The van der Waals surface area contributed by atoms with Crippen LogP contribution in [0, 0.1) is 6.92 Å². The zero-order chi connectivity index (χ0) is 16.2. The van der Waals surface area contributed by atoms with Crippen LogP contribution in [-0.2, 0) is 10.8 Å². The molecule has 116 valence electrons. The van der Waals surface area contributed by atoms with Crippen molar-refractivity contribution < 1.29 is 18.3 Å². The molecule has 0 unspecified atom stereocenters. The van der Waals surface area contributed by atoms with Crippen LogP contribution in [0.15, 0.2) is 41.3 Å². The van der Waals surface area contributed by atoms with Crippen LogP contribution >= 0.6 is 0 Å². The average Bonchev–Trinajstić information content (AvgIpc) is 2.45. The Morgan fingerprint density at radius 3 is 2.64 bits per heavy atom. The average molecular weight is 309 g/mol. The molecule has 8 heteroatoms. The topological polar surface area (TPSA) is 84.1 Å². The van der Waals surface area contributed by atoms with E-state index in [9.17, 15) is 18.4 Å². The van der Waals surface area contributed by atoms with Crippen molar-refractivity contribution in [3.05, 3.63) is 58.1 Å². The van der Waals surface area contributed by atoms with Crippen LogP contribution in [0.3, 0.4) is 0 Å². The molecular formula is C14H13F2N3O3. The van der Waals surface area contributed by atoms with Gasteiger partial charge in [0.1, 0.15) is 0 Å². The number of carbonyl (C=O) groups is 1. The minimum Gasteiger partial charge on any atom is -0.469 e. The molecule has 6 nitrogen and oxygen atoms in total. The third-order valence-corrected chi connectivity index (χ3v) is 2.72.